The Morgan fingerprint density at radius 2 is 1.50 bits per heavy atom. The summed E-state index contributed by atoms with van der Waals surface area (Å²) in [6.07, 6.45) is 0.637. The van der Waals surface area contributed by atoms with Crippen LogP contribution in [0.15, 0.2) is 54.6 Å². The van der Waals surface area contributed by atoms with Gasteiger partial charge in [-0.05, 0) is 34.0 Å². The van der Waals surface area contributed by atoms with Crippen molar-refractivity contribution in [3.63, 3.8) is 0 Å². The van der Waals surface area contributed by atoms with Crippen LogP contribution in [0.3, 0.4) is 0 Å². The minimum atomic E-state index is -0.468. The Bertz CT molecular complexity index is 738. The zero-order valence-electron chi connectivity index (χ0n) is 11.3. The van der Waals surface area contributed by atoms with Crippen LogP contribution in [-0.4, -0.2) is 11.2 Å². The summed E-state index contributed by atoms with van der Waals surface area (Å²) in [5.74, 6) is 0.0159. The van der Waals surface area contributed by atoms with E-state index in [4.69, 9.17) is 11.6 Å². The van der Waals surface area contributed by atoms with Crippen LogP contribution in [0.4, 0.5) is 0 Å². The second-order valence-electron chi connectivity index (χ2n) is 4.93. The van der Waals surface area contributed by atoms with Gasteiger partial charge in [0.05, 0.1) is 5.38 Å². The number of alkyl halides is 1. The molecule has 0 spiro atoms. The van der Waals surface area contributed by atoms with Crippen LogP contribution in [0.25, 0.3) is 21.5 Å². The molecule has 0 aliphatic carbocycles. The number of carbonyl (C=O) groups is 1. The molecule has 0 fully saturated rings. The number of Topliss-reactive ketones (excluding diaryl/α,β-unsaturated/α-hetero) is 1. The Hall–Kier alpha value is -1.86. The molecule has 1 atom stereocenters. The molecule has 0 aliphatic heterocycles. The van der Waals surface area contributed by atoms with Gasteiger partial charge in [-0.15, -0.1) is 11.6 Å². The SMILES string of the molecule is CCC(Cl)C(=O)c1c2ccccc2cc2ccccc12. The van der Waals surface area contributed by atoms with E-state index in [0.717, 1.165) is 27.1 Å². The lowest BCUT2D eigenvalue weighted by Gasteiger charge is -2.13. The lowest BCUT2D eigenvalue weighted by Crippen LogP contribution is -2.14. The van der Waals surface area contributed by atoms with Gasteiger partial charge in [-0.3, -0.25) is 4.79 Å². The Morgan fingerprint density at radius 3 is 2.00 bits per heavy atom. The Kier molecular flexibility index (Phi) is 3.45. The predicted molar refractivity (Wildman–Crippen MR) is 85.7 cm³/mol. The van der Waals surface area contributed by atoms with Crippen molar-refractivity contribution in [3.05, 3.63) is 60.2 Å². The summed E-state index contributed by atoms with van der Waals surface area (Å²) in [4.78, 5) is 12.7. The van der Waals surface area contributed by atoms with Crippen LogP contribution < -0.4 is 0 Å². The topological polar surface area (TPSA) is 17.1 Å². The average molecular weight is 283 g/mol. The highest BCUT2D eigenvalue weighted by Crippen LogP contribution is 2.30. The van der Waals surface area contributed by atoms with Crippen molar-refractivity contribution < 1.29 is 4.79 Å². The lowest BCUT2D eigenvalue weighted by molar-refractivity contribution is 0.0989. The van der Waals surface area contributed by atoms with Crippen molar-refractivity contribution in [2.45, 2.75) is 18.7 Å². The molecule has 0 saturated carbocycles. The number of benzene rings is 3. The number of carbonyl (C=O) groups excluding carboxylic acids is 1. The summed E-state index contributed by atoms with van der Waals surface area (Å²) in [6, 6.07) is 18.1. The quantitative estimate of drug-likeness (QED) is 0.367. The molecular formula is C18H15ClO. The third-order valence-corrected chi connectivity index (χ3v) is 4.17. The predicted octanol–water partition coefficient (Wildman–Crippen LogP) is 5.19. The van der Waals surface area contributed by atoms with Gasteiger partial charge in [-0.1, -0.05) is 55.5 Å². The summed E-state index contributed by atoms with van der Waals surface area (Å²) in [7, 11) is 0. The minimum Gasteiger partial charge on any atom is -0.292 e. The molecule has 0 saturated heterocycles. The Morgan fingerprint density at radius 1 is 1.00 bits per heavy atom. The van der Waals surface area contributed by atoms with Gasteiger partial charge in [0.25, 0.3) is 0 Å². The van der Waals surface area contributed by atoms with Gasteiger partial charge in [0.1, 0.15) is 0 Å². The third-order valence-electron chi connectivity index (χ3n) is 3.66. The minimum absolute atomic E-state index is 0.0159. The van der Waals surface area contributed by atoms with E-state index in [-0.39, 0.29) is 5.78 Å². The lowest BCUT2D eigenvalue weighted by atomic mass is 9.93. The first kappa shape index (κ1) is 13.1. The number of fused-ring (bicyclic) bond motifs is 2. The summed E-state index contributed by atoms with van der Waals surface area (Å²) in [6.45, 7) is 1.93. The normalized spacial score (nSPS) is 12.7. The average Bonchev–Trinajstić information content (AvgIpc) is 2.51. The van der Waals surface area contributed by atoms with Gasteiger partial charge in [0.15, 0.2) is 5.78 Å². The highest BCUT2D eigenvalue weighted by Gasteiger charge is 2.20. The molecule has 0 radical (unpaired) electrons. The highest BCUT2D eigenvalue weighted by atomic mass is 35.5. The second kappa shape index (κ2) is 5.26. The van der Waals surface area contributed by atoms with E-state index in [1.807, 2.05) is 55.5 Å². The molecular weight excluding hydrogens is 268 g/mol. The molecule has 1 unspecified atom stereocenters. The van der Waals surface area contributed by atoms with Gasteiger partial charge in [0.2, 0.25) is 0 Å². The number of ketones is 1. The number of hydrogen-bond donors (Lipinski definition) is 0. The monoisotopic (exact) mass is 282 g/mol. The maximum absolute atomic E-state index is 12.7. The highest BCUT2D eigenvalue weighted by molar-refractivity contribution is 6.37. The van der Waals surface area contributed by atoms with E-state index in [1.54, 1.807) is 0 Å². The number of rotatable bonds is 3. The van der Waals surface area contributed by atoms with Crippen LogP contribution in [0, 0.1) is 0 Å². The molecule has 0 heterocycles. The number of halogens is 1. The molecule has 0 bridgehead atoms. The molecule has 1 nitrogen and oxygen atoms in total. The molecule has 0 aromatic heterocycles. The largest absolute Gasteiger partial charge is 0.292 e. The zero-order valence-corrected chi connectivity index (χ0v) is 12.0. The van der Waals surface area contributed by atoms with Crippen molar-refractivity contribution in [3.8, 4) is 0 Å². The molecule has 2 heteroatoms. The fourth-order valence-electron chi connectivity index (χ4n) is 2.62. The van der Waals surface area contributed by atoms with Gasteiger partial charge >= 0.3 is 0 Å². The molecule has 100 valence electrons. The van der Waals surface area contributed by atoms with E-state index in [1.165, 1.54) is 0 Å². The van der Waals surface area contributed by atoms with Crippen LogP contribution >= 0.6 is 11.6 Å². The van der Waals surface area contributed by atoms with Crippen molar-refractivity contribution in [1.82, 2.24) is 0 Å². The van der Waals surface area contributed by atoms with Crippen molar-refractivity contribution in [2.24, 2.45) is 0 Å². The molecule has 20 heavy (non-hydrogen) atoms. The summed E-state index contributed by atoms with van der Waals surface area (Å²) in [5, 5.41) is 3.65. The Labute approximate surface area is 123 Å². The van der Waals surface area contributed by atoms with Crippen LogP contribution in [-0.2, 0) is 0 Å². The van der Waals surface area contributed by atoms with Crippen molar-refractivity contribution >= 4 is 38.9 Å². The van der Waals surface area contributed by atoms with E-state index < -0.39 is 5.38 Å². The van der Waals surface area contributed by atoms with Gasteiger partial charge in [-0.2, -0.15) is 0 Å². The van der Waals surface area contributed by atoms with Gasteiger partial charge in [-0.25, -0.2) is 0 Å². The van der Waals surface area contributed by atoms with E-state index in [2.05, 4.69) is 6.07 Å². The summed E-state index contributed by atoms with van der Waals surface area (Å²) >= 11 is 6.20. The molecule has 3 rings (SSSR count). The molecule has 3 aromatic rings. The zero-order chi connectivity index (χ0) is 14.1. The maximum atomic E-state index is 12.7. The van der Waals surface area contributed by atoms with E-state index >= 15 is 0 Å². The fourth-order valence-corrected chi connectivity index (χ4v) is 2.73. The first-order chi connectivity index (χ1) is 9.72. The smallest absolute Gasteiger partial charge is 0.181 e. The first-order valence-corrected chi connectivity index (χ1v) is 7.24. The van der Waals surface area contributed by atoms with E-state index in [0.29, 0.717) is 6.42 Å². The van der Waals surface area contributed by atoms with Crippen LogP contribution in [0.2, 0.25) is 0 Å². The standard InChI is InChI=1S/C18H15ClO/c1-2-16(19)18(20)17-14-9-5-3-7-12(14)11-13-8-4-6-10-15(13)17/h3-11,16H,2H2,1H3. The van der Waals surface area contributed by atoms with Gasteiger partial charge in [0, 0.05) is 5.56 Å². The van der Waals surface area contributed by atoms with Crippen molar-refractivity contribution in [1.29, 1.82) is 0 Å². The van der Waals surface area contributed by atoms with Gasteiger partial charge < -0.3 is 0 Å². The summed E-state index contributed by atoms with van der Waals surface area (Å²) in [5.41, 5.74) is 0.751. The molecule has 0 aliphatic rings. The summed E-state index contributed by atoms with van der Waals surface area (Å²) < 4.78 is 0. The fraction of sp³-hybridized carbons (Fsp3) is 0.167. The van der Waals surface area contributed by atoms with Crippen LogP contribution in [0.1, 0.15) is 23.7 Å². The Balaban J connectivity index is 2.42. The first-order valence-electron chi connectivity index (χ1n) is 6.81. The third kappa shape index (κ3) is 2.08. The van der Waals surface area contributed by atoms with Crippen molar-refractivity contribution in [2.75, 3.05) is 0 Å². The van der Waals surface area contributed by atoms with Crippen LogP contribution in [0.5, 0.6) is 0 Å². The maximum Gasteiger partial charge on any atom is 0.181 e. The van der Waals surface area contributed by atoms with E-state index in [9.17, 15) is 4.79 Å². The molecule has 0 N–H and O–H groups in total. The molecule has 0 amide bonds. The number of hydrogen-bond acceptors (Lipinski definition) is 1. The second-order valence-corrected chi connectivity index (χ2v) is 5.46. The molecule has 3 aromatic carbocycles.